The lowest BCUT2D eigenvalue weighted by atomic mass is 9.92. The number of benzene rings is 1. The summed E-state index contributed by atoms with van der Waals surface area (Å²) in [4.78, 5) is 14.5. The molecule has 0 bridgehead atoms. The highest BCUT2D eigenvalue weighted by atomic mass is 35.5. The monoisotopic (exact) mass is 432 g/mol. The van der Waals surface area contributed by atoms with Crippen molar-refractivity contribution in [1.82, 2.24) is 4.90 Å². The summed E-state index contributed by atoms with van der Waals surface area (Å²) >= 11 is 0. The van der Waals surface area contributed by atoms with Gasteiger partial charge in [0.25, 0.3) is 0 Å². The fourth-order valence-corrected chi connectivity index (χ4v) is 4.86. The first-order valence-electron chi connectivity index (χ1n) is 9.52. The van der Waals surface area contributed by atoms with E-state index < -0.39 is 9.84 Å². The van der Waals surface area contributed by atoms with Gasteiger partial charge in [0.05, 0.1) is 23.9 Å². The first-order chi connectivity index (χ1) is 12.9. The number of amides is 1. The summed E-state index contributed by atoms with van der Waals surface area (Å²) in [5.74, 6) is 1.15. The summed E-state index contributed by atoms with van der Waals surface area (Å²) in [5.41, 5.74) is 5.81. The Morgan fingerprint density at radius 1 is 1.25 bits per heavy atom. The second-order valence-corrected chi connectivity index (χ2v) is 9.44. The summed E-state index contributed by atoms with van der Waals surface area (Å²) in [6, 6.07) is 4.62. The first kappa shape index (κ1) is 22.8. The average Bonchev–Trinajstić information content (AvgIpc) is 2.90. The molecule has 7 nitrogen and oxygen atoms in total. The number of hydrogen-bond acceptors (Lipinski definition) is 6. The van der Waals surface area contributed by atoms with Crippen molar-refractivity contribution in [2.75, 3.05) is 32.1 Å². The minimum atomic E-state index is -3.59. The van der Waals surface area contributed by atoms with E-state index in [4.69, 9.17) is 15.2 Å². The Hall–Kier alpha value is -1.51. The van der Waals surface area contributed by atoms with Gasteiger partial charge in [-0.3, -0.25) is 4.79 Å². The number of nitrogens with zero attached hydrogens (tertiary/aromatic N) is 1. The average molecular weight is 433 g/mol. The Morgan fingerprint density at radius 2 is 1.96 bits per heavy atom. The van der Waals surface area contributed by atoms with Crippen LogP contribution >= 0.6 is 12.4 Å². The number of sulfone groups is 1. The van der Waals surface area contributed by atoms with Crippen LogP contribution in [0.4, 0.5) is 0 Å². The number of piperidine rings is 1. The lowest BCUT2D eigenvalue weighted by molar-refractivity contribution is -0.134. The molecule has 158 valence electrons. The zero-order chi connectivity index (χ0) is 19.4. The molecule has 0 saturated carbocycles. The van der Waals surface area contributed by atoms with E-state index >= 15 is 0 Å². The van der Waals surface area contributed by atoms with Crippen LogP contribution in [0.1, 0.15) is 32.6 Å². The summed E-state index contributed by atoms with van der Waals surface area (Å²) in [6.45, 7) is 4.24. The molecule has 3 rings (SSSR count). The highest BCUT2D eigenvalue weighted by molar-refractivity contribution is 7.91. The van der Waals surface area contributed by atoms with Crippen molar-refractivity contribution in [3.8, 4) is 11.5 Å². The van der Waals surface area contributed by atoms with Crippen molar-refractivity contribution in [1.29, 1.82) is 0 Å². The van der Waals surface area contributed by atoms with Gasteiger partial charge in [0.1, 0.15) is 0 Å². The summed E-state index contributed by atoms with van der Waals surface area (Å²) in [5, 5.41) is 0. The number of fused-ring (bicyclic) bond motifs is 1. The molecule has 9 heteroatoms. The van der Waals surface area contributed by atoms with Crippen LogP contribution in [-0.2, 0) is 14.6 Å². The van der Waals surface area contributed by atoms with Gasteiger partial charge < -0.3 is 20.1 Å². The lowest BCUT2D eigenvalue weighted by Crippen LogP contribution is -2.49. The molecule has 1 saturated heterocycles. The van der Waals surface area contributed by atoms with E-state index in [-0.39, 0.29) is 41.4 Å². The number of carbonyl (C=O) groups excluding carboxylic acids is 1. The van der Waals surface area contributed by atoms with Crippen molar-refractivity contribution in [3.05, 3.63) is 18.2 Å². The molecule has 0 radical (unpaired) electrons. The molecule has 2 aliphatic rings. The van der Waals surface area contributed by atoms with Crippen LogP contribution in [-0.4, -0.2) is 57.3 Å². The largest absolute Gasteiger partial charge is 0.490 e. The standard InChI is InChI=1S/C19H28N2O5S.ClH/c1-14-5-7-21(15(11-14)13-20)19(22)6-10-27(23,24)16-3-4-17-18(12-16)26-9-2-8-25-17;/h3-4,12,14-15H,2,5-11,13,20H2,1H3;1H. The second kappa shape index (κ2) is 9.80. The number of carbonyl (C=O) groups is 1. The van der Waals surface area contributed by atoms with Gasteiger partial charge in [-0.15, -0.1) is 12.4 Å². The molecular weight excluding hydrogens is 404 g/mol. The molecule has 1 aromatic rings. The van der Waals surface area contributed by atoms with Gasteiger partial charge in [0.15, 0.2) is 21.3 Å². The molecule has 2 aliphatic heterocycles. The van der Waals surface area contributed by atoms with Gasteiger partial charge in [-0.1, -0.05) is 6.92 Å². The minimum absolute atomic E-state index is 0. The maximum Gasteiger partial charge on any atom is 0.223 e. The zero-order valence-electron chi connectivity index (χ0n) is 16.1. The van der Waals surface area contributed by atoms with E-state index in [9.17, 15) is 13.2 Å². The van der Waals surface area contributed by atoms with Crippen molar-refractivity contribution >= 4 is 28.2 Å². The minimum Gasteiger partial charge on any atom is -0.490 e. The Kier molecular flexibility index (Phi) is 7.97. The third-order valence-electron chi connectivity index (χ3n) is 5.23. The third kappa shape index (κ3) is 5.30. The molecule has 2 N–H and O–H groups in total. The normalized spacial score (nSPS) is 22.1. The van der Waals surface area contributed by atoms with Crippen LogP contribution in [0.5, 0.6) is 11.5 Å². The number of rotatable bonds is 5. The smallest absolute Gasteiger partial charge is 0.223 e. The summed E-state index contributed by atoms with van der Waals surface area (Å²) < 4.78 is 36.5. The van der Waals surface area contributed by atoms with E-state index in [1.54, 1.807) is 11.0 Å². The molecule has 2 atom stereocenters. The summed E-state index contributed by atoms with van der Waals surface area (Å²) in [7, 11) is -3.59. The highest BCUT2D eigenvalue weighted by Gasteiger charge is 2.30. The van der Waals surface area contributed by atoms with E-state index in [1.165, 1.54) is 12.1 Å². The van der Waals surface area contributed by atoms with E-state index in [2.05, 4.69) is 6.92 Å². The first-order valence-corrected chi connectivity index (χ1v) is 11.2. The van der Waals surface area contributed by atoms with Crippen LogP contribution in [0, 0.1) is 5.92 Å². The molecular formula is C19H29ClN2O5S. The number of likely N-dealkylation sites (tertiary alicyclic amines) is 1. The molecule has 0 aromatic heterocycles. The van der Waals surface area contributed by atoms with Crippen LogP contribution in [0.2, 0.25) is 0 Å². The Bertz CT molecular complexity index is 787. The van der Waals surface area contributed by atoms with Gasteiger partial charge in [0.2, 0.25) is 5.91 Å². The van der Waals surface area contributed by atoms with Crippen LogP contribution in [0.25, 0.3) is 0 Å². The molecule has 2 heterocycles. The van der Waals surface area contributed by atoms with Gasteiger partial charge in [-0.25, -0.2) is 8.42 Å². The molecule has 2 unspecified atom stereocenters. The fraction of sp³-hybridized carbons (Fsp3) is 0.632. The van der Waals surface area contributed by atoms with Gasteiger partial charge in [-0.2, -0.15) is 0 Å². The predicted octanol–water partition coefficient (Wildman–Crippen LogP) is 2.02. The zero-order valence-corrected chi connectivity index (χ0v) is 17.8. The second-order valence-electron chi connectivity index (χ2n) is 7.33. The molecule has 1 fully saturated rings. The fourth-order valence-electron chi connectivity index (χ4n) is 3.62. The van der Waals surface area contributed by atoms with Crippen LogP contribution in [0.3, 0.4) is 0 Å². The Morgan fingerprint density at radius 3 is 2.68 bits per heavy atom. The molecule has 28 heavy (non-hydrogen) atoms. The Balaban J connectivity index is 0.00000280. The number of hydrogen-bond donors (Lipinski definition) is 1. The maximum atomic E-state index is 12.7. The highest BCUT2D eigenvalue weighted by Crippen LogP contribution is 2.32. The van der Waals surface area contributed by atoms with Crippen LogP contribution < -0.4 is 15.2 Å². The van der Waals surface area contributed by atoms with Crippen molar-refractivity contribution in [2.45, 2.75) is 43.5 Å². The topological polar surface area (TPSA) is 98.9 Å². The molecule has 1 amide bonds. The number of halogens is 1. The van der Waals surface area contributed by atoms with E-state index in [0.717, 1.165) is 19.3 Å². The van der Waals surface area contributed by atoms with E-state index in [1.807, 2.05) is 0 Å². The predicted molar refractivity (Wildman–Crippen MR) is 109 cm³/mol. The maximum absolute atomic E-state index is 12.7. The van der Waals surface area contributed by atoms with Crippen LogP contribution in [0.15, 0.2) is 23.1 Å². The molecule has 0 spiro atoms. The lowest BCUT2D eigenvalue weighted by Gasteiger charge is -2.38. The van der Waals surface area contributed by atoms with Crippen molar-refractivity contribution in [2.24, 2.45) is 11.7 Å². The van der Waals surface area contributed by atoms with Gasteiger partial charge >= 0.3 is 0 Å². The van der Waals surface area contributed by atoms with Crippen molar-refractivity contribution in [3.63, 3.8) is 0 Å². The Labute approximate surface area is 172 Å². The van der Waals surface area contributed by atoms with Crippen molar-refractivity contribution < 1.29 is 22.7 Å². The van der Waals surface area contributed by atoms with Gasteiger partial charge in [0, 0.05) is 38.0 Å². The number of nitrogens with two attached hydrogens (primary N) is 1. The SMILES string of the molecule is CC1CCN(C(=O)CCS(=O)(=O)c2ccc3c(c2)OCCCO3)C(CN)C1.Cl. The van der Waals surface area contributed by atoms with E-state index in [0.29, 0.717) is 43.7 Å². The molecule has 0 aliphatic carbocycles. The summed E-state index contributed by atoms with van der Waals surface area (Å²) in [6.07, 6.45) is 2.51. The third-order valence-corrected chi connectivity index (χ3v) is 6.95. The van der Waals surface area contributed by atoms with Gasteiger partial charge in [-0.05, 0) is 30.9 Å². The molecule has 1 aromatic carbocycles. The number of ether oxygens (including phenoxy) is 2. The quantitative estimate of drug-likeness (QED) is 0.764.